The van der Waals surface area contributed by atoms with Crippen molar-refractivity contribution in [1.29, 1.82) is 0 Å². The zero-order valence-corrected chi connectivity index (χ0v) is 7.25. The molecule has 12 heavy (non-hydrogen) atoms. The number of nitrogens with zero attached hydrogens (tertiary/aromatic N) is 1. The zero-order chi connectivity index (χ0) is 8.72. The number of likely N-dealkylation sites (tertiary alicyclic amines) is 1. The van der Waals surface area contributed by atoms with Crippen molar-refractivity contribution in [3.63, 3.8) is 0 Å². The van der Waals surface area contributed by atoms with Gasteiger partial charge in [0, 0.05) is 12.5 Å². The second-order valence-electron chi connectivity index (χ2n) is 3.85. The van der Waals surface area contributed by atoms with Gasteiger partial charge in [-0.1, -0.05) is 0 Å². The maximum atomic E-state index is 11.5. The zero-order valence-electron chi connectivity index (χ0n) is 7.25. The molecule has 2 rings (SSSR count). The number of hydrogen-bond acceptors (Lipinski definition) is 2. The van der Waals surface area contributed by atoms with E-state index in [4.69, 9.17) is 0 Å². The van der Waals surface area contributed by atoms with Crippen molar-refractivity contribution in [3.8, 4) is 0 Å². The Kier molecular flexibility index (Phi) is 1.67. The van der Waals surface area contributed by atoms with Crippen LogP contribution in [0.15, 0.2) is 0 Å². The van der Waals surface area contributed by atoms with E-state index in [1.165, 1.54) is 6.92 Å². The van der Waals surface area contributed by atoms with Gasteiger partial charge in [-0.25, -0.2) is 0 Å². The molecule has 1 aliphatic heterocycles. The van der Waals surface area contributed by atoms with Gasteiger partial charge in [-0.2, -0.15) is 0 Å². The first-order chi connectivity index (χ1) is 5.68. The number of carbonyl (C=O) groups is 2. The summed E-state index contributed by atoms with van der Waals surface area (Å²) < 4.78 is 0. The quantitative estimate of drug-likeness (QED) is 0.598. The van der Waals surface area contributed by atoms with Crippen LogP contribution in [0.1, 0.15) is 19.8 Å². The Balaban J connectivity index is 1.97. The molecule has 2 atom stereocenters. The highest BCUT2D eigenvalue weighted by molar-refractivity contribution is 5.87. The van der Waals surface area contributed by atoms with E-state index < -0.39 is 0 Å². The van der Waals surface area contributed by atoms with Gasteiger partial charge in [-0.05, 0) is 25.7 Å². The van der Waals surface area contributed by atoms with Crippen molar-refractivity contribution in [2.24, 2.45) is 11.8 Å². The summed E-state index contributed by atoms with van der Waals surface area (Å²) in [4.78, 5) is 24.0. The molecule has 2 unspecified atom stereocenters. The molecule has 66 valence electrons. The third-order valence-corrected chi connectivity index (χ3v) is 2.73. The molecule has 2 aliphatic rings. The van der Waals surface area contributed by atoms with Crippen LogP contribution in [-0.2, 0) is 9.59 Å². The second kappa shape index (κ2) is 2.57. The number of carbonyl (C=O) groups excluding carboxylic acids is 2. The van der Waals surface area contributed by atoms with Gasteiger partial charge >= 0.3 is 0 Å². The minimum absolute atomic E-state index is 0.0856. The molecule has 3 nitrogen and oxygen atoms in total. The van der Waals surface area contributed by atoms with Crippen molar-refractivity contribution >= 4 is 11.7 Å². The standard InChI is InChI=1S/C9H13NO2/c1-6(11)5-10-3-2-7-4-8(7)9(10)12/h7-8H,2-5H2,1H3. The molecule has 1 saturated heterocycles. The highest BCUT2D eigenvalue weighted by Gasteiger charge is 2.48. The first-order valence-corrected chi connectivity index (χ1v) is 4.46. The van der Waals surface area contributed by atoms with Gasteiger partial charge < -0.3 is 4.90 Å². The van der Waals surface area contributed by atoms with Crippen LogP contribution in [0.3, 0.4) is 0 Å². The lowest BCUT2D eigenvalue weighted by molar-refractivity contribution is -0.137. The van der Waals surface area contributed by atoms with E-state index in [9.17, 15) is 9.59 Å². The molecule has 0 aromatic rings. The Labute approximate surface area is 71.7 Å². The first-order valence-electron chi connectivity index (χ1n) is 4.46. The number of fused-ring (bicyclic) bond motifs is 1. The lowest BCUT2D eigenvalue weighted by Gasteiger charge is -2.24. The molecule has 2 fully saturated rings. The van der Waals surface area contributed by atoms with Gasteiger partial charge in [0.1, 0.15) is 5.78 Å². The van der Waals surface area contributed by atoms with E-state index in [1.807, 2.05) is 0 Å². The van der Waals surface area contributed by atoms with Gasteiger partial charge in [-0.15, -0.1) is 0 Å². The van der Waals surface area contributed by atoms with Gasteiger partial charge in [0.2, 0.25) is 5.91 Å². The van der Waals surface area contributed by atoms with Crippen molar-refractivity contribution in [2.45, 2.75) is 19.8 Å². The SMILES string of the molecule is CC(=O)CN1CCC2CC2C1=O. The molecule has 0 bridgehead atoms. The van der Waals surface area contributed by atoms with Gasteiger partial charge in [0.05, 0.1) is 6.54 Å². The lowest BCUT2D eigenvalue weighted by atomic mass is 10.1. The Morgan fingerprint density at radius 3 is 3.08 bits per heavy atom. The highest BCUT2D eigenvalue weighted by Crippen LogP contribution is 2.45. The van der Waals surface area contributed by atoms with Crippen LogP contribution in [0.25, 0.3) is 0 Å². The molecule has 3 heteroatoms. The first kappa shape index (κ1) is 7.77. The Bertz CT molecular complexity index is 237. The molecule has 1 amide bonds. The van der Waals surface area contributed by atoms with Gasteiger partial charge in [0.15, 0.2) is 0 Å². The van der Waals surface area contributed by atoms with E-state index in [1.54, 1.807) is 4.90 Å². The van der Waals surface area contributed by atoms with Crippen LogP contribution in [0.4, 0.5) is 0 Å². The monoisotopic (exact) mass is 167 g/mol. The molecule has 0 aromatic heterocycles. The summed E-state index contributed by atoms with van der Waals surface area (Å²) in [7, 11) is 0. The molecular weight excluding hydrogens is 154 g/mol. The maximum absolute atomic E-state index is 11.5. The summed E-state index contributed by atoms with van der Waals surface area (Å²) in [6, 6.07) is 0. The fourth-order valence-electron chi connectivity index (χ4n) is 1.96. The van der Waals surface area contributed by atoms with E-state index in [0.29, 0.717) is 12.5 Å². The van der Waals surface area contributed by atoms with E-state index in [2.05, 4.69) is 0 Å². The largest absolute Gasteiger partial charge is 0.335 e. The Hall–Kier alpha value is -0.860. The van der Waals surface area contributed by atoms with E-state index in [-0.39, 0.29) is 17.6 Å². The minimum Gasteiger partial charge on any atom is -0.335 e. The van der Waals surface area contributed by atoms with Crippen LogP contribution >= 0.6 is 0 Å². The Morgan fingerprint density at radius 1 is 1.67 bits per heavy atom. The predicted molar refractivity (Wildman–Crippen MR) is 43.5 cm³/mol. The highest BCUT2D eigenvalue weighted by atomic mass is 16.2. The molecule has 0 radical (unpaired) electrons. The second-order valence-corrected chi connectivity index (χ2v) is 3.85. The van der Waals surface area contributed by atoms with Gasteiger partial charge in [-0.3, -0.25) is 9.59 Å². The lowest BCUT2D eigenvalue weighted by Crippen LogP contribution is -2.39. The van der Waals surface area contributed by atoms with Crippen molar-refractivity contribution in [3.05, 3.63) is 0 Å². The summed E-state index contributed by atoms with van der Waals surface area (Å²) in [6.45, 7) is 2.65. The van der Waals surface area contributed by atoms with E-state index >= 15 is 0 Å². The van der Waals surface area contributed by atoms with Crippen LogP contribution < -0.4 is 0 Å². The van der Waals surface area contributed by atoms with Crippen LogP contribution in [0.2, 0.25) is 0 Å². The normalized spacial score (nSPS) is 33.1. The maximum Gasteiger partial charge on any atom is 0.226 e. The average Bonchev–Trinajstić information content (AvgIpc) is 2.73. The molecular formula is C9H13NO2. The van der Waals surface area contributed by atoms with Gasteiger partial charge in [0.25, 0.3) is 0 Å². The Morgan fingerprint density at radius 2 is 2.42 bits per heavy atom. The number of hydrogen-bond donors (Lipinski definition) is 0. The number of piperidine rings is 1. The summed E-state index contributed by atoms with van der Waals surface area (Å²) in [5.41, 5.74) is 0. The summed E-state index contributed by atoms with van der Waals surface area (Å²) >= 11 is 0. The number of Topliss-reactive ketones (excluding diaryl/α,β-unsaturated/α-hetero) is 1. The molecule has 1 aliphatic carbocycles. The van der Waals surface area contributed by atoms with Crippen molar-refractivity contribution in [2.75, 3.05) is 13.1 Å². The van der Waals surface area contributed by atoms with Crippen molar-refractivity contribution in [1.82, 2.24) is 4.90 Å². The fraction of sp³-hybridized carbons (Fsp3) is 0.778. The summed E-state index contributed by atoms with van der Waals surface area (Å²) in [6.07, 6.45) is 2.16. The number of amides is 1. The molecule has 1 saturated carbocycles. The molecule has 0 N–H and O–H groups in total. The van der Waals surface area contributed by atoms with Crippen LogP contribution in [0.5, 0.6) is 0 Å². The third kappa shape index (κ3) is 1.24. The minimum atomic E-state index is 0.0856. The molecule has 0 aromatic carbocycles. The molecule has 0 spiro atoms. The smallest absolute Gasteiger partial charge is 0.226 e. The summed E-state index contributed by atoms with van der Waals surface area (Å²) in [5.74, 6) is 1.22. The number of rotatable bonds is 2. The fourth-order valence-corrected chi connectivity index (χ4v) is 1.96. The predicted octanol–water partition coefficient (Wildman–Crippen LogP) is 0.444. The van der Waals surface area contributed by atoms with Crippen LogP contribution in [-0.4, -0.2) is 29.7 Å². The molecule has 1 heterocycles. The van der Waals surface area contributed by atoms with E-state index in [0.717, 1.165) is 19.4 Å². The average molecular weight is 167 g/mol. The summed E-state index contributed by atoms with van der Waals surface area (Å²) in [5, 5.41) is 0. The topological polar surface area (TPSA) is 37.4 Å². The van der Waals surface area contributed by atoms with Crippen LogP contribution in [0, 0.1) is 11.8 Å². The third-order valence-electron chi connectivity index (χ3n) is 2.73. The number of ketones is 1. The van der Waals surface area contributed by atoms with Crippen molar-refractivity contribution < 1.29 is 9.59 Å².